The first-order chi connectivity index (χ1) is 20.5. The molecule has 43 heavy (non-hydrogen) atoms. The van der Waals surface area contributed by atoms with E-state index in [1.165, 1.54) is 47.4 Å². The average Bonchev–Trinajstić information content (AvgIpc) is 3.02. The molecule has 12 nitrogen and oxygen atoms in total. The molecule has 0 aliphatic carbocycles. The van der Waals surface area contributed by atoms with Crippen LogP contribution in [0.1, 0.15) is 32.0 Å². The molecule has 2 heterocycles. The van der Waals surface area contributed by atoms with Gasteiger partial charge in [0.2, 0.25) is 0 Å². The Bertz CT molecular complexity index is 1910. The van der Waals surface area contributed by atoms with Crippen LogP contribution in [0.2, 0.25) is 0 Å². The largest absolute Gasteiger partial charge is 0.497 e. The first-order valence-corrected chi connectivity index (χ1v) is 14.1. The Hall–Kier alpha value is -5.40. The lowest BCUT2D eigenvalue weighted by atomic mass is 10.1. The molecule has 3 aromatic carbocycles. The van der Waals surface area contributed by atoms with Gasteiger partial charge >= 0.3 is 5.97 Å². The number of carboxylic acid groups (broad SMARTS) is 1. The number of methoxy groups -OCH3 is 1. The number of pyridine rings is 1. The number of carboxylic acids is 1. The number of ether oxygens (including phenoxy) is 1. The van der Waals surface area contributed by atoms with E-state index in [-0.39, 0.29) is 33.6 Å². The van der Waals surface area contributed by atoms with Crippen molar-refractivity contribution in [2.24, 2.45) is 0 Å². The molecule has 0 fully saturated rings. The summed E-state index contributed by atoms with van der Waals surface area (Å²) < 4.78 is 35.8. The smallest absolute Gasteiger partial charge is 0.335 e. The lowest BCUT2D eigenvalue weighted by molar-refractivity contribution is 0.0696. The Morgan fingerprint density at radius 3 is 2.16 bits per heavy atom. The Balaban J connectivity index is 0.000000359. The van der Waals surface area contributed by atoms with E-state index in [1.54, 1.807) is 49.6 Å². The van der Waals surface area contributed by atoms with Gasteiger partial charge < -0.3 is 15.2 Å². The minimum atomic E-state index is -4.00. The van der Waals surface area contributed by atoms with Crippen LogP contribution in [0.5, 0.6) is 5.75 Å². The van der Waals surface area contributed by atoms with E-state index in [9.17, 15) is 22.8 Å². The number of hydrogen-bond donors (Lipinski definition) is 3. The highest BCUT2D eigenvalue weighted by Crippen LogP contribution is 2.12. The van der Waals surface area contributed by atoms with E-state index in [2.05, 4.69) is 15.3 Å². The molecule has 0 unspecified atom stereocenters. The van der Waals surface area contributed by atoms with Gasteiger partial charge in [0, 0.05) is 6.54 Å². The van der Waals surface area contributed by atoms with Gasteiger partial charge in [0.25, 0.3) is 21.6 Å². The molecule has 0 atom stereocenters. The molecule has 1 amide bonds. The monoisotopic (exact) mass is 602 g/mol. The zero-order valence-corrected chi connectivity index (χ0v) is 23.6. The molecule has 3 N–H and O–H groups in total. The molecule has 0 aliphatic heterocycles. The van der Waals surface area contributed by atoms with Crippen LogP contribution >= 0.6 is 0 Å². The number of nitrogens with one attached hydrogen (secondary N) is 1. The molecule has 2 aromatic heterocycles. The molecule has 0 aliphatic rings. The first-order valence-electron chi connectivity index (χ1n) is 12.7. The Morgan fingerprint density at radius 1 is 0.930 bits per heavy atom. The van der Waals surface area contributed by atoms with Crippen molar-refractivity contribution in [3.63, 3.8) is 0 Å². The Kier molecular flexibility index (Phi) is 9.60. The zero-order valence-electron chi connectivity index (χ0n) is 22.7. The predicted molar refractivity (Wildman–Crippen MR) is 157 cm³/mol. The van der Waals surface area contributed by atoms with Gasteiger partial charge in [-0.25, -0.2) is 14.8 Å². The lowest BCUT2D eigenvalue weighted by Crippen LogP contribution is -2.25. The van der Waals surface area contributed by atoms with Crippen LogP contribution in [-0.2, 0) is 23.2 Å². The standard InChI is InChI=1S/C24H20N4O5.C6H6O3S/c1-33-18-8-4-15(5-9-18)11-26-22(29)20-10-19-21(12-25-20)27-14-28(23(19)30)13-16-2-6-17(7-3-16)24(31)32;7-10(8,9)6-4-2-1-3-5-6/h2-10,12,14H,11,13H2,1H3,(H,26,29)(H,31,32);1-5H,(H,7,8,9). The van der Waals surface area contributed by atoms with E-state index in [0.29, 0.717) is 12.1 Å². The molecule has 0 radical (unpaired) electrons. The highest BCUT2D eigenvalue weighted by Gasteiger charge is 2.12. The van der Waals surface area contributed by atoms with E-state index >= 15 is 0 Å². The summed E-state index contributed by atoms with van der Waals surface area (Å²) >= 11 is 0. The van der Waals surface area contributed by atoms with Gasteiger partial charge in [-0.05, 0) is 53.6 Å². The summed E-state index contributed by atoms with van der Waals surface area (Å²) in [5.74, 6) is -0.703. The number of amides is 1. The highest BCUT2D eigenvalue weighted by molar-refractivity contribution is 7.85. The van der Waals surface area contributed by atoms with Gasteiger partial charge in [0.05, 0.1) is 47.5 Å². The number of aromatic nitrogens is 3. The van der Waals surface area contributed by atoms with Gasteiger partial charge in [0.1, 0.15) is 11.4 Å². The molecule has 5 aromatic rings. The van der Waals surface area contributed by atoms with Gasteiger partial charge in [-0.15, -0.1) is 0 Å². The van der Waals surface area contributed by atoms with Crippen LogP contribution in [0, 0.1) is 0 Å². The third-order valence-electron chi connectivity index (χ3n) is 6.15. The van der Waals surface area contributed by atoms with Crippen LogP contribution < -0.4 is 15.6 Å². The third-order valence-corrected chi connectivity index (χ3v) is 7.02. The molecule has 5 rings (SSSR count). The number of carbonyl (C=O) groups excluding carboxylic acids is 1. The Morgan fingerprint density at radius 2 is 1.58 bits per heavy atom. The molecule has 13 heteroatoms. The lowest BCUT2D eigenvalue weighted by Gasteiger charge is -2.09. The normalized spacial score (nSPS) is 10.8. The van der Waals surface area contributed by atoms with E-state index in [0.717, 1.165) is 16.9 Å². The van der Waals surface area contributed by atoms with Gasteiger partial charge in [-0.2, -0.15) is 8.42 Å². The van der Waals surface area contributed by atoms with Crippen molar-refractivity contribution >= 4 is 32.9 Å². The van der Waals surface area contributed by atoms with Crippen molar-refractivity contribution in [2.75, 3.05) is 7.11 Å². The van der Waals surface area contributed by atoms with Crippen molar-refractivity contribution in [3.05, 3.63) is 130 Å². The SMILES string of the molecule is COc1ccc(CNC(=O)c2cc3c(=O)n(Cc4ccc(C(=O)O)cc4)cnc3cn2)cc1.O=S(=O)(O)c1ccccc1. The quantitative estimate of drug-likeness (QED) is 0.223. The first kappa shape index (κ1) is 30.6. The number of benzene rings is 3. The predicted octanol–water partition coefficient (Wildman–Crippen LogP) is 3.41. The number of fused-ring (bicyclic) bond motifs is 1. The molecule has 0 saturated heterocycles. The summed E-state index contributed by atoms with van der Waals surface area (Å²) in [5, 5.41) is 12.1. The van der Waals surface area contributed by atoms with Crippen molar-refractivity contribution in [1.82, 2.24) is 19.9 Å². The van der Waals surface area contributed by atoms with Crippen molar-refractivity contribution < 1.29 is 32.4 Å². The van der Waals surface area contributed by atoms with Crippen LogP contribution in [0.15, 0.2) is 107 Å². The molecule has 220 valence electrons. The van der Waals surface area contributed by atoms with Gasteiger partial charge in [-0.1, -0.05) is 42.5 Å². The summed E-state index contributed by atoms with van der Waals surface area (Å²) in [6.07, 6.45) is 2.80. The maximum Gasteiger partial charge on any atom is 0.335 e. The summed E-state index contributed by atoms with van der Waals surface area (Å²) in [4.78, 5) is 44.9. The molecule has 0 spiro atoms. The fraction of sp³-hybridized carbons (Fsp3) is 0.100. The minimum absolute atomic E-state index is 0.0741. The Labute approximate surface area is 246 Å². The summed E-state index contributed by atoms with van der Waals surface area (Å²) in [6.45, 7) is 0.509. The maximum atomic E-state index is 13.0. The summed E-state index contributed by atoms with van der Waals surface area (Å²) in [6, 6.07) is 22.4. The summed E-state index contributed by atoms with van der Waals surface area (Å²) in [7, 11) is -2.42. The number of hydrogen-bond acceptors (Lipinski definition) is 8. The second-order valence-electron chi connectivity index (χ2n) is 9.09. The van der Waals surface area contributed by atoms with Crippen LogP contribution in [0.4, 0.5) is 0 Å². The maximum absolute atomic E-state index is 13.0. The van der Waals surface area contributed by atoms with Gasteiger partial charge in [0.15, 0.2) is 0 Å². The number of carbonyl (C=O) groups is 2. The number of aromatic carboxylic acids is 1. The van der Waals surface area contributed by atoms with Crippen molar-refractivity contribution in [2.45, 2.75) is 18.0 Å². The van der Waals surface area contributed by atoms with Gasteiger partial charge in [-0.3, -0.25) is 18.7 Å². The molecular weight excluding hydrogens is 576 g/mol. The fourth-order valence-electron chi connectivity index (χ4n) is 3.86. The van der Waals surface area contributed by atoms with Crippen molar-refractivity contribution in [1.29, 1.82) is 0 Å². The van der Waals surface area contributed by atoms with E-state index < -0.39 is 22.0 Å². The van der Waals surface area contributed by atoms with Crippen LogP contribution in [0.25, 0.3) is 10.9 Å². The van der Waals surface area contributed by atoms with Crippen LogP contribution in [0.3, 0.4) is 0 Å². The average molecular weight is 603 g/mol. The topological polar surface area (TPSA) is 178 Å². The highest BCUT2D eigenvalue weighted by atomic mass is 32.2. The third kappa shape index (κ3) is 8.09. The second kappa shape index (κ2) is 13.5. The molecular formula is C30H26N4O8S. The number of rotatable bonds is 8. The number of nitrogens with zero attached hydrogens (tertiary/aromatic N) is 3. The van der Waals surface area contributed by atoms with E-state index in [4.69, 9.17) is 14.4 Å². The summed E-state index contributed by atoms with van der Waals surface area (Å²) in [5.41, 5.74) is 1.97. The molecule has 0 saturated carbocycles. The molecule has 0 bridgehead atoms. The fourth-order valence-corrected chi connectivity index (χ4v) is 4.36. The van der Waals surface area contributed by atoms with E-state index in [1.807, 2.05) is 12.1 Å². The van der Waals surface area contributed by atoms with Crippen LogP contribution in [-0.4, -0.2) is 51.6 Å². The zero-order chi connectivity index (χ0) is 31.0. The minimum Gasteiger partial charge on any atom is -0.497 e. The second-order valence-corrected chi connectivity index (χ2v) is 10.5. The van der Waals surface area contributed by atoms with Crippen molar-refractivity contribution in [3.8, 4) is 5.75 Å².